The number of methoxy groups -OCH3 is 1. The Balaban J connectivity index is 1.62. The highest BCUT2D eigenvalue weighted by atomic mass is 16.5. The zero-order valence-corrected chi connectivity index (χ0v) is 12.7. The van der Waals surface area contributed by atoms with Crippen molar-refractivity contribution < 1.29 is 9.47 Å². The summed E-state index contributed by atoms with van der Waals surface area (Å²) in [5.41, 5.74) is 7.09. The van der Waals surface area contributed by atoms with E-state index in [0.717, 1.165) is 44.7 Å². The van der Waals surface area contributed by atoms with E-state index in [1.165, 1.54) is 12.0 Å². The van der Waals surface area contributed by atoms with Crippen LogP contribution in [0.5, 0.6) is 5.75 Å². The Kier molecular flexibility index (Phi) is 6.34. The molecule has 1 heterocycles. The summed E-state index contributed by atoms with van der Waals surface area (Å²) in [6, 6.07) is 8.05. The van der Waals surface area contributed by atoms with Crippen molar-refractivity contribution in [2.24, 2.45) is 10.7 Å². The van der Waals surface area contributed by atoms with Crippen molar-refractivity contribution in [2.45, 2.75) is 31.8 Å². The van der Waals surface area contributed by atoms with Crippen LogP contribution in [0.3, 0.4) is 0 Å². The van der Waals surface area contributed by atoms with Gasteiger partial charge in [0.05, 0.1) is 13.2 Å². The van der Waals surface area contributed by atoms with Gasteiger partial charge in [0.25, 0.3) is 0 Å². The van der Waals surface area contributed by atoms with Crippen LogP contribution in [0.2, 0.25) is 0 Å². The summed E-state index contributed by atoms with van der Waals surface area (Å²) >= 11 is 0. The first kappa shape index (κ1) is 15.6. The molecule has 0 amide bonds. The van der Waals surface area contributed by atoms with Crippen LogP contribution in [0, 0.1) is 0 Å². The second-order valence-electron chi connectivity index (χ2n) is 5.22. The number of nitrogens with zero attached hydrogens (tertiary/aromatic N) is 1. The number of hydrogen-bond acceptors (Lipinski definition) is 3. The molecule has 116 valence electrons. The van der Waals surface area contributed by atoms with Crippen LogP contribution in [-0.4, -0.2) is 38.9 Å². The van der Waals surface area contributed by atoms with Gasteiger partial charge in [0, 0.05) is 19.7 Å². The van der Waals surface area contributed by atoms with Gasteiger partial charge >= 0.3 is 0 Å². The molecular formula is C16H25N3O2. The molecule has 1 aromatic carbocycles. The molecule has 1 aromatic rings. The lowest BCUT2D eigenvalue weighted by Crippen LogP contribution is -2.33. The molecule has 1 atom stereocenters. The van der Waals surface area contributed by atoms with Crippen molar-refractivity contribution >= 4 is 5.96 Å². The number of nitrogens with one attached hydrogen (secondary N) is 1. The normalized spacial score (nSPS) is 18.7. The molecule has 0 unspecified atom stereocenters. The van der Waals surface area contributed by atoms with E-state index in [1.807, 2.05) is 12.1 Å². The number of guanidine groups is 1. The number of aliphatic imine (C=N–C) groups is 1. The minimum atomic E-state index is 0.376. The highest BCUT2D eigenvalue weighted by Gasteiger charge is 2.14. The molecule has 5 heteroatoms. The van der Waals surface area contributed by atoms with Crippen LogP contribution < -0.4 is 15.8 Å². The fraction of sp³-hybridized carbons (Fsp3) is 0.562. The molecule has 1 aliphatic rings. The van der Waals surface area contributed by atoms with Crippen LogP contribution in [0.25, 0.3) is 0 Å². The van der Waals surface area contributed by atoms with Gasteiger partial charge in [-0.2, -0.15) is 0 Å². The van der Waals surface area contributed by atoms with Crippen LogP contribution in [-0.2, 0) is 11.2 Å². The molecule has 0 saturated carbocycles. The predicted octanol–water partition coefficient (Wildman–Crippen LogP) is 1.71. The number of ether oxygens (including phenoxy) is 2. The third-order valence-corrected chi connectivity index (χ3v) is 3.64. The van der Waals surface area contributed by atoms with Gasteiger partial charge < -0.3 is 20.5 Å². The quantitative estimate of drug-likeness (QED) is 0.593. The molecule has 0 bridgehead atoms. The Hall–Kier alpha value is -1.75. The molecule has 0 aliphatic carbocycles. The molecule has 0 aromatic heterocycles. The number of benzene rings is 1. The Morgan fingerprint density at radius 3 is 2.90 bits per heavy atom. The van der Waals surface area contributed by atoms with Gasteiger partial charge in [-0.1, -0.05) is 12.1 Å². The lowest BCUT2D eigenvalue weighted by Gasteiger charge is -2.08. The van der Waals surface area contributed by atoms with Crippen molar-refractivity contribution in [2.75, 3.05) is 26.8 Å². The third-order valence-electron chi connectivity index (χ3n) is 3.64. The van der Waals surface area contributed by atoms with Gasteiger partial charge in [0.1, 0.15) is 5.75 Å². The van der Waals surface area contributed by atoms with E-state index >= 15 is 0 Å². The van der Waals surface area contributed by atoms with Gasteiger partial charge in [-0.15, -0.1) is 0 Å². The molecule has 1 aliphatic heterocycles. The zero-order chi connectivity index (χ0) is 14.9. The van der Waals surface area contributed by atoms with Crippen LogP contribution in [0.1, 0.15) is 24.8 Å². The van der Waals surface area contributed by atoms with Crippen molar-refractivity contribution in [3.8, 4) is 5.75 Å². The second kappa shape index (κ2) is 8.52. The summed E-state index contributed by atoms with van der Waals surface area (Å²) in [5.74, 6) is 1.39. The zero-order valence-electron chi connectivity index (χ0n) is 12.7. The maximum absolute atomic E-state index is 5.85. The summed E-state index contributed by atoms with van der Waals surface area (Å²) in [4.78, 5) is 4.33. The first-order valence-electron chi connectivity index (χ1n) is 7.56. The van der Waals surface area contributed by atoms with E-state index in [9.17, 15) is 0 Å². The van der Waals surface area contributed by atoms with Crippen molar-refractivity contribution in [3.63, 3.8) is 0 Å². The molecule has 0 spiro atoms. The molecular weight excluding hydrogens is 266 g/mol. The van der Waals surface area contributed by atoms with Crippen LogP contribution >= 0.6 is 0 Å². The maximum Gasteiger partial charge on any atom is 0.188 e. The first-order chi connectivity index (χ1) is 10.3. The topological polar surface area (TPSA) is 68.9 Å². The molecule has 3 N–H and O–H groups in total. The summed E-state index contributed by atoms with van der Waals surface area (Å²) in [5, 5.41) is 3.14. The fourth-order valence-corrected chi connectivity index (χ4v) is 2.38. The van der Waals surface area contributed by atoms with Gasteiger partial charge in [-0.05, 0) is 43.4 Å². The highest BCUT2D eigenvalue weighted by molar-refractivity contribution is 5.77. The smallest absolute Gasteiger partial charge is 0.188 e. The summed E-state index contributed by atoms with van der Waals surface area (Å²) < 4.78 is 10.7. The Labute approximate surface area is 126 Å². The lowest BCUT2D eigenvalue weighted by molar-refractivity contribution is 0.106. The maximum atomic E-state index is 5.85. The molecule has 1 saturated heterocycles. The van der Waals surface area contributed by atoms with E-state index in [-0.39, 0.29) is 0 Å². The minimum Gasteiger partial charge on any atom is -0.497 e. The molecule has 2 rings (SSSR count). The first-order valence-corrected chi connectivity index (χ1v) is 7.56. The Morgan fingerprint density at radius 2 is 2.24 bits per heavy atom. The highest BCUT2D eigenvalue weighted by Crippen LogP contribution is 2.14. The van der Waals surface area contributed by atoms with Crippen molar-refractivity contribution in [3.05, 3.63) is 29.8 Å². The Morgan fingerprint density at radius 1 is 1.43 bits per heavy atom. The fourth-order valence-electron chi connectivity index (χ4n) is 2.38. The molecule has 5 nitrogen and oxygen atoms in total. The summed E-state index contributed by atoms with van der Waals surface area (Å²) in [7, 11) is 1.67. The number of rotatable bonds is 7. The van der Waals surface area contributed by atoms with E-state index in [1.54, 1.807) is 7.11 Å². The van der Waals surface area contributed by atoms with E-state index in [2.05, 4.69) is 22.4 Å². The Bertz CT molecular complexity index is 439. The van der Waals surface area contributed by atoms with Crippen molar-refractivity contribution in [1.29, 1.82) is 0 Å². The monoisotopic (exact) mass is 291 g/mol. The minimum absolute atomic E-state index is 0.376. The summed E-state index contributed by atoms with van der Waals surface area (Å²) in [6.07, 6.45) is 4.57. The average molecular weight is 291 g/mol. The molecule has 21 heavy (non-hydrogen) atoms. The standard InChI is InChI=1S/C16H25N3O2/c1-20-14-6-4-13(5-7-14)8-10-18-16(17)19-11-9-15-3-2-12-21-15/h4-7,15H,2-3,8-12H2,1H3,(H3,17,18,19)/t15-/m0/s1. The van der Waals surface area contributed by atoms with Crippen LogP contribution in [0.15, 0.2) is 29.3 Å². The molecule has 1 fully saturated rings. The van der Waals surface area contributed by atoms with Gasteiger partial charge in [-0.25, -0.2) is 0 Å². The average Bonchev–Trinajstić information content (AvgIpc) is 3.01. The van der Waals surface area contributed by atoms with Crippen LogP contribution in [0.4, 0.5) is 0 Å². The number of nitrogens with two attached hydrogens (primary N) is 1. The van der Waals surface area contributed by atoms with E-state index in [0.29, 0.717) is 12.1 Å². The SMILES string of the molecule is COc1ccc(CCNC(N)=NCC[C@@H]2CCCO2)cc1. The largest absolute Gasteiger partial charge is 0.497 e. The van der Waals surface area contributed by atoms with Gasteiger partial charge in [-0.3, -0.25) is 4.99 Å². The second-order valence-corrected chi connectivity index (χ2v) is 5.22. The predicted molar refractivity (Wildman–Crippen MR) is 84.8 cm³/mol. The van der Waals surface area contributed by atoms with Gasteiger partial charge in [0.2, 0.25) is 0 Å². The third kappa shape index (κ3) is 5.63. The lowest BCUT2D eigenvalue weighted by atomic mass is 10.1. The van der Waals surface area contributed by atoms with E-state index < -0.39 is 0 Å². The summed E-state index contributed by atoms with van der Waals surface area (Å²) in [6.45, 7) is 2.40. The van der Waals surface area contributed by atoms with Gasteiger partial charge in [0.15, 0.2) is 5.96 Å². The molecule has 0 radical (unpaired) electrons. The van der Waals surface area contributed by atoms with Crippen molar-refractivity contribution in [1.82, 2.24) is 5.32 Å². The van der Waals surface area contributed by atoms with E-state index in [4.69, 9.17) is 15.2 Å². The number of hydrogen-bond donors (Lipinski definition) is 2.